The van der Waals surface area contributed by atoms with Gasteiger partial charge in [0.05, 0.1) is 27.8 Å². The Hall–Kier alpha value is -0.460. The molecule has 4 nitrogen and oxygen atoms in total. The van der Waals surface area contributed by atoms with Crippen LogP contribution in [0, 0.1) is 0 Å². The van der Waals surface area contributed by atoms with Crippen LogP contribution < -0.4 is 0 Å². The van der Waals surface area contributed by atoms with E-state index < -0.39 is 15.9 Å². The van der Waals surface area contributed by atoms with Gasteiger partial charge in [0.2, 0.25) is 0 Å². The highest BCUT2D eigenvalue weighted by molar-refractivity contribution is 7.92. The summed E-state index contributed by atoms with van der Waals surface area (Å²) < 4.78 is 23.8. The molecule has 0 radical (unpaired) electrons. The summed E-state index contributed by atoms with van der Waals surface area (Å²) >= 11 is 1.50. The Morgan fingerprint density at radius 3 is 3.00 bits per heavy atom. The van der Waals surface area contributed by atoms with E-state index in [-0.39, 0.29) is 5.25 Å². The maximum Gasteiger partial charge on any atom is 0.153 e. The van der Waals surface area contributed by atoms with Crippen LogP contribution in [0.1, 0.15) is 36.9 Å². The largest absolute Gasteiger partial charge is 0.393 e. The van der Waals surface area contributed by atoms with Crippen LogP contribution in [0.25, 0.3) is 0 Å². The van der Waals surface area contributed by atoms with Gasteiger partial charge in [0.15, 0.2) is 9.84 Å². The number of sulfone groups is 1. The van der Waals surface area contributed by atoms with Gasteiger partial charge >= 0.3 is 0 Å². The lowest BCUT2D eigenvalue weighted by atomic mass is 10.1. The summed E-state index contributed by atoms with van der Waals surface area (Å²) in [7, 11) is -2.92. The van der Waals surface area contributed by atoms with E-state index in [2.05, 4.69) is 4.98 Å². The van der Waals surface area contributed by atoms with Crippen LogP contribution in [-0.4, -0.2) is 35.6 Å². The molecule has 1 aliphatic rings. The van der Waals surface area contributed by atoms with Crippen molar-refractivity contribution in [1.82, 2.24) is 4.98 Å². The summed E-state index contributed by atoms with van der Waals surface area (Å²) in [6, 6.07) is 0. The van der Waals surface area contributed by atoms with E-state index in [0.29, 0.717) is 18.6 Å². The van der Waals surface area contributed by atoms with E-state index in [4.69, 9.17) is 0 Å². The van der Waals surface area contributed by atoms with Crippen LogP contribution in [0.5, 0.6) is 0 Å². The smallest absolute Gasteiger partial charge is 0.153 e. The van der Waals surface area contributed by atoms with Gasteiger partial charge in [-0.2, -0.15) is 0 Å². The fourth-order valence-electron chi connectivity index (χ4n) is 2.28. The summed E-state index contributed by atoms with van der Waals surface area (Å²) in [5, 5.41) is 11.8. The number of hydrogen-bond acceptors (Lipinski definition) is 5. The number of nitrogens with zero attached hydrogens (tertiary/aromatic N) is 1. The van der Waals surface area contributed by atoms with Crippen molar-refractivity contribution < 1.29 is 13.5 Å². The standard InChI is InChI=1S/C12H19NO3S2/c1-9(14)6-10-8-17-12(13-10)7-11-4-2-3-5-18(11,15)16/h8-9,11,14H,2-7H2,1H3. The van der Waals surface area contributed by atoms with Gasteiger partial charge in [-0.05, 0) is 19.8 Å². The van der Waals surface area contributed by atoms with Gasteiger partial charge < -0.3 is 5.11 Å². The highest BCUT2D eigenvalue weighted by Crippen LogP contribution is 2.24. The first-order valence-electron chi connectivity index (χ1n) is 6.30. The van der Waals surface area contributed by atoms with Crippen LogP contribution in [-0.2, 0) is 22.7 Å². The van der Waals surface area contributed by atoms with Crippen molar-refractivity contribution in [2.24, 2.45) is 0 Å². The summed E-state index contributed by atoms with van der Waals surface area (Å²) in [6.07, 6.45) is 3.21. The first kappa shape index (κ1) is 14.0. The van der Waals surface area contributed by atoms with Crippen molar-refractivity contribution in [2.45, 2.75) is 50.4 Å². The number of aromatic nitrogens is 1. The molecule has 102 valence electrons. The Morgan fingerprint density at radius 1 is 1.56 bits per heavy atom. The third-order valence-electron chi connectivity index (χ3n) is 3.22. The molecule has 1 N–H and O–H groups in total. The Morgan fingerprint density at radius 2 is 2.33 bits per heavy atom. The highest BCUT2D eigenvalue weighted by Gasteiger charge is 2.29. The molecule has 2 heterocycles. The quantitative estimate of drug-likeness (QED) is 0.914. The maximum absolute atomic E-state index is 11.9. The minimum Gasteiger partial charge on any atom is -0.393 e. The molecular formula is C12H19NO3S2. The van der Waals surface area contributed by atoms with Gasteiger partial charge in [-0.3, -0.25) is 0 Å². The van der Waals surface area contributed by atoms with E-state index in [0.717, 1.165) is 30.0 Å². The summed E-state index contributed by atoms with van der Waals surface area (Å²) in [4.78, 5) is 4.40. The molecule has 0 amide bonds. The van der Waals surface area contributed by atoms with Gasteiger partial charge in [0, 0.05) is 18.2 Å². The molecule has 1 fully saturated rings. The van der Waals surface area contributed by atoms with Gasteiger partial charge in [0.1, 0.15) is 0 Å². The summed E-state index contributed by atoms with van der Waals surface area (Å²) in [6.45, 7) is 1.73. The summed E-state index contributed by atoms with van der Waals surface area (Å²) in [5.41, 5.74) is 0.859. The van der Waals surface area contributed by atoms with E-state index in [1.54, 1.807) is 6.92 Å². The zero-order valence-corrected chi connectivity index (χ0v) is 12.1. The normalized spacial score (nSPS) is 24.9. The van der Waals surface area contributed by atoms with Crippen LogP contribution in [0.4, 0.5) is 0 Å². The first-order valence-corrected chi connectivity index (χ1v) is 8.90. The van der Waals surface area contributed by atoms with Crippen LogP contribution in [0.2, 0.25) is 0 Å². The molecule has 0 aromatic carbocycles. The molecule has 2 unspecified atom stereocenters. The zero-order chi connectivity index (χ0) is 13.2. The molecule has 0 aliphatic carbocycles. The molecular weight excluding hydrogens is 270 g/mol. The number of aliphatic hydroxyl groups is 1. The topological polar surface area (TPSA) is 67.3 Å². The molecule has 6 heteroatoms. The monoisotopic (exact) mass is 289 g/mol. The van der Waals surface area contributed by atoms with E-state index in [9.17, 15) is 13.5 Å². The zero-order valence-electron chi connectivity index (χ0n) is 10.5. The SMILES string of the molecule is CC(O)Cc1csc(CC2CCCCS2(=O)=O)n1. The Bertz CT molecular complexity index is 493. The van der Waals surface area contributed by atoms with Crippen molar-refractivity contribution in [1.29, 1.82) is 0 Å². The van der Waals surface area contributed by atoms with Gasteiger partial charge in [0.25, 0.3) is 0 Å². The molecule has 0 bridgehead atoms. The number of hydrogen-bond donors (Lipinski definition) is 1. The molecule has 2 atom stereocenters. The number of thiazole rings is 1. The Balaban J connectivity index is 2.02. The molecule has 1 aromatic heterocycles. The molecule has 1 aromatic rings. The second kappa shape index (κ2) is 5.67. The summed E-state index contributed by atoms with van der Waals surface area (Å²) in [5.74, 6) is 0.323. The van der Waals surface area contributed by atoms with Gasteiger partial charge in [-0.15, -0.1) is 11.3 Å². The molecule has 2 rings (SSSR count). The lowest BCUT2D eigenvalue weighted by Gasteiger charge is -2.21. The Labute approximate surface area is 112 Å². The first-order chi connectivity index (χ1) is 8.47. The Kier molecular flexibility index (Phi) is 4.40. The predicted octanol–water partition coefficient (Wildman–Crippen LogP) is 1.58. The fourth-order valence-corrected chi connectivity index (χ4v) is 5.16. The lowest BCUT2D eigenvalue weighted by molar-refractivity contribution is 0.194. The third-order valence-corrected chi connectivity index (χ3v) is 6.41. The minimum atomic E-state index is -2.92. The van der Waals surface area contributed by atoms with Crippen LogP contribution in [0.3, 0.4) is 0 Å². The molecule has 1 aliphatic heterocycles. The lowest BCUT2D eigenvalue weighted by Crippen LogP contribution is -2.30. The fraction of sp³-hybridized carbons (Fsp3) is 0.750. The van der Waals surface area contributed by atoms with Crippen molar-refractivity contribution in [3.8, 4) is 0 Å². The predicted molar refractivity (Wildman–Crippen MR) is 72.6 cm³/mol. The second-order valence-electron chi connectivity index (χ2n) is 4.97. The maximum atomic E-state index is 11.9. The van der Waals surface area contributed by atoms with Crippen molar-refractivity contribution >= 4 is 21.2 Å². The number of aliphatic hydroxyl groups excluding tert-OH is 1. The average molecular weight is 289 g/mol. The van der Waals surface area contributed by atoms with E-state index in [1.807, 2.05) is 5.38 Å². The molecule has 0 spiro atoms. The van der Waals surface area contributed by atoms with Crippen molar-refractivity contribution in [3.63, 3.8) is 0 Å². The minimum absolute atomic E-state index is 0.253. The van der Waals surface area contributed by atoms with Gasteiger partial charge in [-0.1, -0.05) is 6.42 Å². The van der Waals surface area contributed by atoms with Crippen LogP contribution >= 0.6 is 11.3 Å². The van der Waals surface area contributed by atoms with Crippen LogP contribution in [0.15, 0.2) is 5.38 Å². The van der Waals surface area contributed by atoms with Crippen molar-refractivity contribution in [3.05, 3.63) is 16.1 Å². The molecule has 18 heavy (non-hydrogen) atoms. The molecule has 0 saturated carbocycles. The number of rotatable bonds is 4. The average Bonchev–Trinajstić information content (AvgIpc) is 2.68. The van der Waals surface area contributed by atoms with E-state index in [1.165, 1.54) is 11.3 Å². The second-order valence-corrected chi connectivity index (χ2v) is 8.32. The van der Waals surface area contributed by atoms with Gasteiger partial charge in [-0.25, -0.2) is 13.4 Å². The third kappa shape index (κ3) is 3.52. The molecule has 1 saturated heterocycles. The highest BCUT2D eigenvalue weighted by atomic mass is 32.2. The van der Waals surface area contributed by atoms with Crippen molar-refractivity contribution in [2.75, 3.05) is 5.75 Å². The van der Waals surface area contributed by atoms with E-state index >= 15 is 0 Å².